The molecule has 1 N–H and O–H groups in total. The SMILES string of the molecule is O=C(C1=C2NCCN2C(=O)C1)c1ccc(F)cc1. The average Bonchev–Trinajstić information content (AvgIpc) is 2.94. The maximum absolute atomic E-state index is 12.8. The van der Waals surface area contributed by atoms with E-state index in [-0.39, 0.29) is 23.9 Å². The summed E-state index contributed by atoms with van der Waals surface area (Å²) in [5.41, 5.74) is 0.881. The van der Waals surface area contributed by atoms with Gasteiger partial charge in [-0.1, -0.05) is 0 Å². The Balaban J connectivity index is 1.96. The first-order valence-electron chi connectivity index (χ1n) is 5.74. The van der Waals surface area contributed by atoms with E-state index in [1.54, 1.807) is 4.90 Å². The summed E-state index contributed by atoms with van der Waals surface area (Å²) in [5.74, 6) is -0.0302. The Hall–Kier alpha value is -2.17. The Morgan fingerprint density at radius 1 is 1.28 bits per heavy atom. The van der Waals surface area contributed by atoms with Gasteiger partial charge in [0.2, 0.25) is 5.91 Å². The summed E-state index contributed by atoms with van der Waals surface area (Å²) in [6.45, 7) is 1.27. The number of Topliss-reactive ketones (excluding diaryl/α,β-unsaturated/α-hetero) is 1. The third-order valence-electron chi connectivity index (χ3n) is 3.19. The van der Waals surface area contributed by atoms with Crippen LogP contribution < -0.4 is 5.32 Å². The van der Waals surface area contributed by atoms with Crippen LogP contribution in [0, 0.1) is 5.82 Å². The molecule has 2 aliphatic heterocycles. The molecular formula is C13H11FN2O2. The van der Waals surface area contributed by atoms with Crippen molar-refractivity contribution in [1.29, 1.82) is 0 Å². The number of hydrogen-bond acceptors (Lipinski definition) is 3. The van der Waals surface area contributed by atoms with Crippen LogP contribution in [0.4, 0.5) is 4.39 Å². The number of hydrogen-bond donors (Lipinski definition) is 1. The Kier molecular flexibility index (Phi) is 2.40. The maximum Gasteiger partial charge on any atom is 0.232 e. The van der Waals surface area contributed by atoms with Gasteiger partial charge in [0.1, 0.15) is 11.6 Å². The zero-order chi connectivity index (χ0) is 12.7. The highest BCUT2D eigenvalue weighted by molar-refractivity contribution is 6.13. The number of ketones is 1. The van der Waals surface area contributed by atoms with E-state index in [0.717, 1.165) is 0 Å². The zero-order valence-corrected chi connectivity index (χ0v) is 9.57. The Bertz CT molecular complexity index is 563. The summed E-state index contributed by atoms with van der Waals surface area (Å²) in [6, 6.07) is 5.37. The van der Waals surface area contributed by atoms with Crippen molar-refractivity contribution >= 4 is 11.7 Å². The molecule has 0 aliphatic carbocycles. The van der Waals surface area contributed by atoms with Crippen molar-refractivity contribution in [3.05, 3.63) is 47.0 Å². The summed E-state index contributed by atoms with van der Waals surface area (Å²) >= 11 is 0. The van der Waals surface area contributed by atoms with Gasteiger partial charge in [-0.25, -0.2) is 4.39 Å². The molecule has 0 saturated carbocycles. The zero-order valence-electron chi connectivity index (χ0n) is 9.57. The van der Waals surface area contributed by atoms with Gasteiger partial charge in [0.15, 0.2) is 5.78 Å². The highest BCUT2D eigenvalue weighted by atomic mass is 19.1. The number of halogens is 1. The van der Waals surface area contributed by atoms with E-state index in [1.165, 1.54) is 24.3 Å². The molecule has 0 bridgehead atoms. The minimum atomic E-state index is -0.382. The third-order valence-corrected chi connectivity index (χ3v) is 3.19. The van der Waals surface area contributed by atoms with Gasteiger partial charge < -0.3 is 5.32 Å². The molecule has 0 aromatic heterocycles. The van der Waals surface area contributed by atoms with Crippen molar-refractivity contribution in [2.75, 3.05) is 13.1 Å². The van der Waals surface area contributed by atoms with E-state index in [9.17, 15) is 14.0 Å². The lowest BCUT2D eigenvalue weighted by Gasteiger charge is -2.08. The average molecular weight is 246 g/mol. The molecule has 0 atom stereocenters. The molecule has 0 unspecified atom stereocenters. The summed E-state index contributed by atoms with van der Waals surface area (Å²) in [6.07, 6.45) is 0.124. The van der Waals surface area contributed by atoms with Gasteiger partial charge in [-0.2, -0.15) is 0 Å². The standard InChI is InChI=1S/C13H11FN2O2/c14-9-3-1-8(2-4-9)12(18)10-7-11(17)16-6-5-15-13(10)16/h1-4,15H,5-7H2. The number of carbonyl (C=O) groups is 2. The topological polar surface area (TPSA) is 49.4 Å². The fourth-order valence-electron chi connectivity index (χ4n) is 2.31. The van der Waals surface area contributed by atoms with Gasteiger partial charge in [0, 0.05) is 18.7 Å². The molecule has 3 rings (SSSR count). The van der Waals surface area contributed by atoms with Crippen molar-refractivity contribution < 1.29 is 14.0 Å². The second-order valence-electron chi connectivity index (χ2n) is 4.31. The Morgan fingerprint density at radius 3 is 2.72 bits per heavy atom. The van der Waals surface area contributed by atoms with Crippen LogP contribution in [0.1, 0.15) is 16.8 Å². The van der Waals surface area contributed by atoms with E-state index in [0.29, 0.717) is 30.0 Å². The predicted octanol–water partition coefficient (Wildman–Crippen LogP) is 1.06. The minimum absolute atomic E-state index is 0.0551. The van der Waals surface area contributed by atoms with Gasteiger partial charge in [0.05, 0.1) is 12.0 Å². The number of amides is 1. The highest BCUT2D eigenvalue weighted by Crippen LogP contribution is 2.27. The molecule has 1 saturated heterocycles. The molecule has 4 nitrogen and oxygen atoms in total. The van der Waals surface area contributed by atoms with Crippen molar-refractivity contribution in [3.8, 4) is 0 Å². The molecule has 18 heavy (non-hydrogen) atoms. The lowest BCUT2D eigenvalue weighted by molar-refractivity contribution is -0.126. The second-order valence-corrected chi connectivity index (χ2v) is 4.31. The minimum Gasteiger partial charge on any atom is -0.369 e. The van der Waals surface area contributed by atoms with Crippen molar-refractivity contribution in [2.24, 2.45) is 0 Å². The predicted molar refractivity (Wildman–Crippen MR) is 62.1 cm³/mol. The van der Waals surface area contributed by atoms with Crippen LogP contribution in [0.2, 0.25) is 0 Å². The van der Waals surface area contributed by atoms with Gasteiger partial charge in [-0.05, 0) is 24.3 Å². The number of benzene rings is 1. The highest BCUT2D eigenvalue weighted by Gasteiger charge is 2.36. The molecular weight excluding hydrogens is 235 g/mol. The number of nitrogens with one attached hydrogen (secondary N) is 1. The third kappa shape index (κ3) is 1.59. The van der Waals surface area contributed by atoms with Crippen LogP contribution in [-0.4, -0.2) is 29.7 Å². The quantitative estimate of drug-likeness (QED) is 0.794. The van der Waals surface area contributed by atoms with Crippen LogP contribution in [-0.2, 0) is 4.79 Å². The normalized spacial score (nSPS) is 18.1. The molecule has 92 valence electrons. The van der Waals surface area contributed by atoms with Crippen LogP contribution in [0.5, 0.6) is 0 Å². The maximum atomic E-state index is 12.8. The molecule has 2 heterocycles. The largest absolute Gasteiger partial charge is 0.369 e. The van der Waals surface area contributed by atoms with Crippen LogP contribution in [0.15, 0.2) is 35.7 Å². The molecule has 0 radical (unpaired) electrons. The van der Waals surface area contributed by atoms with Gasteiger partial charge >= 0.3 is 0 Å². The molecule has 1 fully saturated rings. The summed E-state index contributed by atoms with van der Waals surface area (Å²) in [5, 5.41) is 3.05. The lowest BCUT2D eigenvalue weighted by Crippen LogP contribution is -2.21. The van der Waals surface area contributed by atoms with Crippen LogP contribution in [0.3, 0.4) is 0 Å². The van der Waals surface area contributed by atoms with Crippen LogP contribution in [0.25, 0.3) is 0 Å². The van der Waals surface area contributed by atoms with Crippen molar-refractivity contribution in [2.45, 2.75) is 6.42 Å². The van der Waals surface area contributed by atoms with Gasteiger partial charge in [0.25, 0.3) is 0 Å². The van der Waals surface area contributed by atoms with Gasteiger partial charge in [-0.3, -0.25) is 14.5 Å². The lowest BCUT2D eigenvalue weighted by atomic mass is 10.0. The summed E-state index contributed by atoms with van der Waals surface area (Å²) in [4.78, 5) is 25.5. The molecule has 1 amide bonds. The number of rotatable bonds is 2. The van der Waals surface area contributed by atoms with E-state index >= 15 is 0 Å². The van der Waals surface area contributed by atoms with Gasteiger partial charge in [-0.15, -0.1) is 0 Å². The first kappa shape index (κ1) is 11.0. The monoisotopic (exact) mass is 246 g/mol. The van der Waals surface area contributed by atoms with Crippen LogP contribution >= 0.6 is 0 Å². The van der Waals surface area contributed by atoms with Crippen molar-refractivity contribution in [3.63, 3.8) is 0 Å². The van der Waals surface area contributed by atoms with E-state index in [1.807, 2.05) is 0 Å². The molecule has 5 heteroatoms. The number of carbonyl (C=O) groups excluding carboxylic acids is 2. The number of nitrogens with zero attached hydrogens (tertiary/aromatic N) is 1. The molecule has 0 spiro atoms. The Labute approximate surface area is 103 Å². The summed E-state index contributed by atoms with van der Waals surface area (Å²) < 4.78 is 12.8. The van der Waals surface area contributed by atoms with E-state index < -0.39 is 0 Å². The fraction of sp³-hybridized carbons (Fsp3) is 0.231. The second kappa shape index (κ2) is 3.94. The molecule has 1 aromatic carbocycles. The summed E-state index contributed by atoms with van der Waals surface area (Å²) in [7, 11) is 0. The smallest absolute Gasteiger partial charge is 0.232 e. The van der Waals surface area contributed by atoms with E-state index in [4.69, 9.17) is 0 Å². The number of fused-ring (bicyclic) bond motifs is 1. The van der Waals surface area contributed by atoms with Crippen molar-refractivity contribution in [1.82, 2.24) is 10.2 Å². The van der Waals surface area contributed by atoms with E-state index in [2.05, 4.69) is 5.32 Å². The Morgan fingerprint density at radius 2 is 2.00 bits per heavy atom. The molecule has 1 aromatic rings. The fourth-order valence-corrected chi connectivity index (χ4v) is 2.31. The first-order chi connectivity index (χ1) is 8.66. The molecule has 2 aliphatic rings. The first-order valence-corrected chi connectivity index (χ1v) is 5.74.